The van der Waals surface area contributed by atoms with Gasteiger partial charge in [0.1, 0.15) is 12.7 Å². The number of hydrogen-bond donors (Lipinski definition) is 2. The smallest absolute Gasteiger partial charge is 0.350 e. The maximum absolute atomic E-state index is 15.2. The van der Waals surface area contributed by atoms with Crippen molar-refractivity contribution < 1.29 is 32.3 Å². The molecule has 3 amide bonds. The molecule has 2 saturated heterocycles. The molecular formula is C24H27ClF3N3O4. The Bertz CT molecular complexity index is 1020. The highest BCUT2D eigenvalue weighted by molar-refractivity contribution is 6.30. The Hall–Kier alpha value is -2.62. The van der Waals surface area contributed by atoms with E-state index in [2.05, 4.69) is 10.6 Å². The van der Waals surface area contributed by atoms with Gasteiger partial charge in [0, 0.05) is 29.6 Å². The summed E-state index contributed by atoms with van der Waals surface area (Å²) in [5, 5.41) is 5.16. The van der Waals surface area contributed by atoms with Gasteiger partial charge < -0.3 is 15.5 Å². The molecule has 4 rings (SSSR count). The largest absolute Gasteiger partial charge is 0.356 e. The molecule has 35 heavy (non-hydrogen) atoms. The fourth-order valence-electron chi connectivity index (χ4n) is 5.61. The predicted molar refractivity (Wildman–Crippen MR) is 120 cm³/mol. The van der Waals surface area contributed by atoms with E-state index in [1.807, 2.05) is 0 Å². The number of hydrogen-bond acceptors (Lipinski definition) is 4. The fraction of sp³-hybridized carbons (Fsp3) is 0.583. The molecule has 1 aromatic rings. The van der Waals surface area contributed by atoms with E-state index in [1.165, 1.54) is 12.1 Å². The molecule has 3 fully saturated rings. The Morgan fingerprint density at radius 1 is 1.23 bits per heavy atom. The third-order valence-electron chi connectivity index (χ3n) is 7.40. The van der Waals surface area contributed by atoms with Crippen molar-refractivity contribution in [3.63, 3.8) is 0 Å². The summed E-state index contributed by atoms with van der Waals surface area (Å²) in [6.07, 6.45) is 2.40. The lowest BCUT2D eigenvalue weighted by molar-refractivity contribution is -0.162. The van der Waals surface area contributed by atoms with Crippen LogP contribution in [-0.4, -0.2) is 60.3 Å². The Kier molecular flexibility index (Phi) is 7.40. The summed E-state index contributed by atoms with van der Waals surface area (Å²) in [5.74, 6) is -8.43. The topological polar surface area (TPSA) is 95.6 Å². The van der Waals surface area contributed by atoms with E-state index in [1.54, 1.807) is 0 Å². The van der Waals surface area contributed by atoms with Gasteiger partial charge in [-0.3, -0.25) is 19.2 Å². The summed E-state index contributed by atoms with van der Waals surface area (Å²) in [6.45, 7) is -0.933. The number of nitrogens with zero attached hydrogens (tertiary/aromatic N) is 1. The standard InChI is InChI=1S/C24H27ClF3N3O4/c25-16-5-2-4-15(10-16)24(27,28)23(35)31-12-14-3-1-6-17(14)20(31)22(34)30-18(19(32)11-26)9-13-7-8-29-21(13)33/h2,4-5,10,13-14,17-18,20H,1,3,6-9,11-12H2,(H,29,33)(H,30,34)/t13-,14-,17-,18-,20-/m1/s1. The number of halogens is 4. The normalized spacial score (nSPS) is 26.9. The summed E-state index contributed by atoms with van der Waals surface area (Å²) in [5.41, 5.74) is -0.580. The van der Waals surface area contributed by atoms with Crippen LogP contribution in [0.3, 0.4) is 0 Å². The van der Waals surface area contributed by atoms with Gasteiger partial charge in [-0.1, -0.05) is 30.2 Å². The molecule has 11 heteroatoms. The lowest BCUT2D eigenvalue weighted by Crippen LogP contribution is -2.55. The number of fused-ring (bicyclic) bond motifs is 1. The molecule has 190 valence electrons. The zero-order valence-electron chi connectivity index (χ0n) is 18.9. The SMILES string of the molecule is O=C1NCC[C@@H]1C[C@@H](NC(=O)[C@H]1[C@@H]2CCC[C@@H]2CN1C(=O)C(F)(F)c1cccc(Cl)c1)C(=O)CF. The summed E-state index contributed by atoms with van der Waals surface area (Å²) < 4.78 is 43.7. The van der Waals surface area contributed by atoms with Crippen LogP contribution < -0.4 is 10.6 Å². The van der Waals surface area contributed by atoms with Gasteiger partial charge in [-0.2, -0.15) is 8.78 Å². The number of ketones is 1. The lowest BCUT2D eigenvalue weighted by atomic mass is 9.92. The first kappa shape index (κ1) is 25.5. The van der Waals surface area contributed by atoms with Crippen LogP contribution in [0.2, 0.25) is 5.02 Å². The van der Waals surface area contributed by atoms with E-state index in [9.17, 15) is 23.6 Å². The van der Waals surface area contributed by atoms with Crippen molar-refractivity contribution in [1.82, 2.24) is 15.5 Å². The zero-order valence-corrected chi connectivity index (χ0v) is 19.7. The first-order valence-corrected chi connectivity index (χ1v) is 12.1. The van der Waals surface area contributed by atoms with E-state index < -0.39 is 53.8 Å². The molecule has 3 aliphatic rings. The fourth-order valence-corrected chi connectivity index (χ4v) is 5.80. The number of benzene rings is 1. The van der Waals surface area contributed by atoms with Crippen molar-refractivity contribution in [3.05, 3.63) is 34.9 Å². The third-order valence-corrected chi connectivity index (χ3v) is 7.63. The van der Waals surface area contributed by atoms with Crippen molar-refractivity contribution >= 4 is 35.1 Å². The van der Waals surface area contributed by atoms with Crippen LogP contribution in [0.5, 0.6) is 0 Å². The van der Waals surface area contributed by atoms with Gasteiger partial charge in [-0.15, -0.1) is 0 Å². The van der Waals surface area contributed by atoms with Crippen LogP contribution in [0.15, 0.2) is 24.3 Å². The molecule has 2 N–H and O–H groups in total. The minimum atomic E-state index is -3.92. The number of carbonyl (C=O) groups excluding carboxylic acids is 4. The molecule has 1 aromatic carbocycles. The highest BCUT2D eigenvalue weighted by atomic mass is 35.5. The molecule has 0 spiro atoms. The second kappa shape index (κ2) is 10.2. The molecule has 0 aromatic heterocycles. The molecule has 2 aliphatic heterocycles. The highest BCUT2D eigenvalue weighted by Gasteiger charge is 2.55. The van der Waals surface area contributed by atoms with Gasteiger partial charge in [0.05, 0.1) is 6.04 Å². The average Bonchev–Trinajstić information content (AvgIpc) is 3.53. The van der Waals surface area contributed by atoms with Gasteiger partial charge >= 0.3 is 5.92 Å². The number of amides is 3. The maximum Gasteiger partial charge on any atom is 0.350 e. The van der Waals surface area contributed by atoms with Gasteiger partial charge in [0.25, 0.3) is 5.91 Å². The number of likely N-dealkylation sites (tertiary alicyclic amines) is 1. The summed E-state index contributed by atoms with van der Waals surface area (Å²) in [6, 6.07) is 2.33. The molecule has 0 bridgehead atoms. The molecule has 1 saturated carbocycles. The Labute approximate surface area is 205 Å². The number of Topliss-reactive ketones (excluding diaryl/α,β-unsaturated/α-hetero) is 1. The van der Waals surface area contributed by atoms with Crippen molar-refractivity contribution in [2.45, 2.75) is 50.1 Å². The molecule has 7 nitrogen and oxygen atoms in total. The first-order chi connectivity index (χ1) is 16.6. The number of alkyl halides is 3. The summed E-state index contributed by atoms with van der Waals surface area (Å²) in [4.78, 5) is 51.5. The van der Waals surface area contributed by atoms with Gasteiger partial charge in [-0.25, -0.2) is 4.39 Å². The number of rotatable bonds is 8. The van der Waals surface area contributed by atoms with Gasteiger partial charge in [-0.05, 0) is 49.7 Å². The molecule has 1 aliphatic carbocycles. The maximum atomic E-state index is 15.2. The van der Waals surface area contributed by atoms with Gasteiger partial charge in [0.15, 0.2) is 5.78 Å². The van der Waals surface area contributed by atoms with E-state index in [4.69, 9.17) is 11.6 Å². The van der Waals surface area contributed by atoms with Crippen LogP contribution in [-0.2, 0) is 25.1 Å². The van der Waals surface area contributed by atoms with Gasteiger partial charge in [0.2, 0.25) is 11.8 Å². The van der Waals surface area contributed by atoms with Crippen molar-refractivity contribution in [1.29, 1.82) is 0 Å². The Morgan fingerprint density at radius 3 is 2.66 bits per heavy atom. The Balaban J connectivity index is 1.57. The van der Waals surface area contributed by atoms with Crippen LogP contribution >= 0.6 is 11.6 Å². The van der Waals surface area contributed by atoms with Crippen LogP contribution in [0, 0.1) is 17.8 Å². The second-order valence-electron chi connectivity index (χ2n) is 9.52. The quantitative estimate of drug-likeness (QED) is 0.558. The van der Waals surface area contributed by atoms with Crippen molar-refractivity contribution in [2.24, 2.45) is 17.8 Å². The van der Waals surface area contributed by atoms with Crippen LogP contribution in [0.25, 0.3) is 0 Å². The first-order valence-electron chi connectivity index (χ1n) is 11.7. The third kappa shape index (κ3) is 5.03. The van der Waals surface area contributed by atoms with E-state index >= 15 is 8.78 Å². The molecule has 0 radical (unpaired) electrons. The van der Waals surface area contributed by atoms with Crippen molar-refractivity contribution in [3.8, 4) is 0 Å². The number of carbonyl (C=O) groups is 4. The second-order valence-corrected chi connectivity index (χ2v) is 9.95. The highest BCUT2D eigenvalue weighted by Crippen LogP contribution is 2.44. The predicted octanol–water partition coefficient (Wildman–Crippen LogP) is 2.61. The molecule has 0 unspecified atom stereocenters. The summed E-state index contributed by atoms with van der Waals surface area (Å²) >= 11 is 5.84. The lowest BCUT2D eigenvalue weighted by Gasteiger charge is -2.31. The van der Waals surface area contributed by atoms with E-state index in [0.29, 0.717) is 25.8 Å². The molecular weight excluding hydrogens is 487 g/mol. The van der Waals surface area contributed by atoms with E-state index in [-0.39, 0.29) is 35.7 Å². The minimum Gasteiger partial charge on any atom is -0.356 e. The van der Waals surface area contributed by atoms with E-state index in [0.717, 1.165) is 23.5 Å². The molecule has 5 atom stereocenters. The zero-order chi connectivity index (χ0) is 25.3. The number of nitrogens with one attached hydrogen (secondary N) is 2. The monoisotopic (exact) mass is 513 g/mol. The van der Waals surface area contributed by atoms with Crippen LogP contribution in [0.4, 0.5) is 13.2 Å². The summed E-state index contributed by atoms with van der Waals surface area (Å²) in [7, 11) is 0. The molecule has 2 heterocycles. The Morgan fingerprint density at radius 2 is 2.00 bits per heavy atom. The van der Waals surface area contributed by atoms with Crippen molar-refractivity contribution in [2.75, 3.05) is 19.8 Å². The average molecular weight is 514 g/mol. The van der Waals surface area contributed by atoms with Crippen LogP contribution in [0.1, 0.15) is 37.7 Å². The minimum absolute atomic E-state index is 0.00943.